The number of esters is 1. The smallest absolute Gasteiger partial charge is 0.310 e. The van der Waals surface area contributed by atoms with E-state index in [2.05, 4.69) is 0 Å². The van der Waals surface area contributed by atoms with E-state index in [-0.39, 0.29) is 53.0 Å². The number of anilines is 1. The van der Waals surface area contributed by atoms with Crippen molar-refractivity contribution in [3.8, 4) is 11.5 Å². The molecule has 0 N–H and O–H groups in total. The van der Waals surface area contributed by atoms with Crippen molar-refractivity contribution in [2.24, 2.45) is 0 Å². The fourth-order valence-electron chi connectivity index (χ4n) is 4.28. The molecular formula is C28H28ClNO6. The molecule has 0 radical (unpaired) electrons. The molecule has 0 aromatic heterocycles. The number of benzene rings is 3. The molecule has 188 valence electrons. The van der Waals surface area contributed by atoms with Crippen LogP contribution in [0.1, 0.15) is 60.9 Å². The molecule has 36 heavy (non-hydrogen) atoms. The standard InChI is InChI=1S/C28H28ClNO6/c1-6-34-23(31)13-17-10-11-20(19(29)12-17)30-27(32)25-22(36-16(4)5)14-18-8-7-9-21(35-15(2)3)24(18)26(25)28(30)33/h7-12,14-16H,6,13H2,1-5H3. The first kappa shape index (κ1) is 25.5. The van der Waals surface area contributed by atoms with Crippen LogP contribution in [0.15, 0.2) is 42.5 Å². The number of carbonyl (C=O) groups excluding carboxylic acids is 3. The first-order chi connectivity index (χ1) is 17.1. The minimum Gasteiger partial charge on any atom is -0.490 e. The van der Waals surface area contributed by atoms with Gasteiger partial charge in [-0.1, -0.05) is 29.8 Å². The van der Waals surface area contributed by atoms with Crippen LogP contribution in [0.5, 0.6) is 11.5 Å². The van der Waals surface area contributed by atoms with Crippen LogP contribution in [0.2, 0.25) is 5.02 Å². The average Bonchev–Trinajstić information content (AvgIpc) is 3.04. The summed E-state index contributed by atoms with van der Waals surface area (Å²) in [6, 6.07) is 12.0. The van der Waals surface area contributed by atoms with Gasteiger partial charge in [-0.05, 0) is 69.8 Å². The third kappa shape index (κ3) is 4.75. The number of nitrogens with zero attached hydrogens (tertiary/aromatic N) is 1. The van der Waals surface area contributed by atoms with Crippen molar-refractivity contribution in [3.05, 3.63) is 64.2 Å². The molecule has 0 fully saturated rings. The molecule has 1 aliphatic rings. The molecule has 0 saturated carbocycles. The van der Waals surface area contributed by atoms with Crippen LogP contribution in [0.25, 0.3) is 10.8 Å². The van der Waals surface area contributed by atoms with Crippen molar-refractivity contribution in [1.29, 1.82) is 0 Å². The number of carbonyl (C=O) groups is 3. The number of halogens is 1. The molecule has 0 spiro atoms. The minimum absolute atomic E-state index is 0.0306. The molecule has 2 amide bonds. The highest BCUT2D eigenvalue weighted by atomic mass is 35.5. The number of imide groups is 1. The SMILES string of the molecule is CCOC(=O)Cc1ccc(N2C(=O)c3c(OC(C)C)cc4cccc(OC(C)C)c4c3C2=O)c(Cl)c1. The normalized spacial score (nSPS) is 13.1. The number of hydrogen-bond donors (Lipinski definition) is 0. The molecule has 0 unspecified atom stereocenters. The van der Waals surface area contributed by atoms with Gasteiger partial charge in [0.1, 0.15) is 11.5 Å². The second-order valence-electron chi connectivity index (χ2n) is 9.03. The van der Waals surface area contributed by atoms with E-state index in [1.165, 1.54) is 0 Å². The Morgan fingerprint density at radius 3 is 2.22 bits per heavy atom. The largest absolute Gasteiger partial charge is 0.490 e. The molecule has 4 rings (SSSR count). The van der Waals surface area contributed by atoms with Crippen LogP contribution in [-0.4, -0.2) is 36.6 Å². The molecule has 3 aromatic carbocycles. The van der Waals surface area contributed by atoms with Gasteiger partial charge in [-0.3, -0.25) is 14.4 Å². The Balaban J connectivity index is 1.86. The monoisotopic (exact) mass is 509 g/mol. The predicted octanol–water partition coefficient (Wildman–Crippen LogP) is 5.97. The fourth-order valence-corrected chi connectivity index (χ4v) is 4.57. The summed E-state index contributed by atoms with van der Waals surface area (Å²) in [6.45, 7) is 9.50. The lowest BCUT2D eigenvalue weighted by Gasteiger charge is -2.17. The fraction of sp³-hybridized carbons (Fsp3) is 0.321. The number of ether oxygens (including phenoxy) is 3. The molecule has 1 heterocycles. The first-order valence-electron chi connectivity index (χ1n) is 11.9. The lowest BCUT2D eigenvalue weighted by Crippen LogP contribution is -2.30. The highest BCUT2D eigenvalue weighted by molar-refractivity contribution is 6.42. The Hall–Kier alpha value is -3.58. The molecule has 7 nitrogen and oxygen atoms in total. The second-order valence-corrected chi connectivity index (χ2v) is 9.43. The maximum atomic E-state index is 13.9. The highest BCUT2D eigenvalue weighted by Crippen LogP contribution is 2.44. The summed E-state index contributed by atoms with van der Waals surface area (Å²) in [4.78, 5) is 40.5. The average molecular weight is 510 g/mol. The summed E-state index contributed by atoms with van der Waals surface area (Å²) < 4.78 is 17.0. The van der Waals surface area contributed by atoms with Gasteiger partial charge in [0.25, 0.3) is 11.8 Å². The molecule has 8 heteroatoms. The maximum absolute atomic E-state index is 13.9. The van der Waals surface area contributed by atoms with Crippen LogP contribution in [-0.2, 0) is 16.0 Å². The third-order valence-corrected chi connectivity index (χ3v) is 5.86. The van der Waals surface area contributed by atoms with E-state index >= 15 is 0 Å². The number of amides is 2. The van der Waals surface area contributed by atoms with Crippen molar-refractivity contribution in [1.82, 2.24) is 0 Å². The van der Waals surface area contributed by atoms with Crippen molar-refractivity contribution in [2.75, 3.05) is 11.5 Å². The van der Waals surface area contributed by atoms with Gasteiger partial charge in [-0.25, -0.2) is 4.90 Å². The summed E-state index contributed by atoms with van der Waals surface area (Å²) in [5.41, 5.74) is 1.23. The molecule has 0 atom stereocenters. The Morgan fingerprint density at radius 2 is 1.58 bits per heavy atom. The zero-order valence-corrected chi connectivity index (χ0v) is 21.6. The number of hydrogen-bond acceptors (Lipinski definition) is 6. The molecular weight excluding hydrogens is 482 g/mol. The van der Waals surface area contributed by atoms with Crippen molar-refractivity contribution in [2.45, 2.75) is 53.2 Å². The van der Waals surface area contributed by atoms with E-state index in [9.17, 15) is 14.4 Å². The van der Waals surface area contributed by atoms with E-state index in [4.69, 9.17) is 25.8 Å². The number of rotatable bonds is 8. The van der Waals surface area contributed by atoms with Gasteiger partial charge in [0.2, 0.25) is 0 Å². The summed E-state index contributed by atoms with van der Waals surface area (Å²) in [5.74, 6) is -0.610. The second kappa shape index (κ2) is 10.2. The van der Waals surface area contributed by atoms with E-state index < -0.39 is 11.8 Å². The van der Waals surface area contributed by atoms with Gasteiger partial charge in [-0.15, -0.1) is 0 Å². The Kier molecular flexibility index (Phi) is 7.22. The van der Waals surface area contributed by atoms with Gasteiger partial charge in [0, 0.05) is 5.39 Å². The van der Waals surface area contributed by atoms with E-state index in [0.717, 1.165) is 10.3 Å². The zero-order valence-electron chi connectivity index (χ0n) is 20.9. The highest BCUT2D eigenvalue weighted by Gasteiger charge is 2.42. The zero-order chi connectivity index (χ0) is 26.1. The quantitative estimate of drug-likeness (QED) is 0.274. The maximum Gasteiger partial charge on any atom is 0.310 e. The van der Waals surface area contributed by atoms with Crippen LogP contribution >= 0.6 is 11.6 Å². The van der Waals surface area contributed by atoms with Crippen LogP contribution < -0.4 is 14.4 Å². The van der Waals surface area contributed by atoms with Gasteiger partial charge in [0.15, 0.2) is 0 Å². The van der Waals surface area contributed by atoms with Crippen LogP contribution in [0, 0.1) is 0 Å². The van der Waals surface area contributed by atoms with Gasteiger partial charge < -0.3 is 14.2 Å². The predicted molar refractivity (Wildman–Crippen MR) is 138 cm³/mol. The Morgan fingerprint density at radius 1 is 0.917 bits per heavy atom. The minimum atomic E-state index is -0.535. The third-order valence-electron chi connectivity index (χ3n) is 5.56. The first-order valence-corrected chi connectivity index (χ1v) is 12.3. The Bertz CT molecular complexity index is 1360. The lowest BCUT2D eigenvalue weighted by atomic mass is 9.98. The van der Waals surface area contributed by atoms with E-state index in [0.29, 0.717) is 22.4 Å². The van der Waals surface area contributed by atoms with Crippen LogP contribution in [0.4, 0.5) is 5.69 Å². The molecule has 0 aliphatic carbocycles. The molecule has 0 bridgehead atoms. The summed E-state index contributed by atoms with van der Waals surface area (Å²) in [6.07, 6.45) is -0.324. The lowest BCUT2D eigenvalue weighted by molar-refractivity contribution is -0.142. The summed E-state index contributed by atoms with van der Waals surface area (Å²) in [7, 11) is 0. The van der Waals surface area contributed by atoms with Crippen molar-refractivity contribution in [3.63, 3.8) is 0 Å². The van der Waals surface area contributed by atoms with E-state index in [1.54, 1.807) is 37.3 Å². The summed E-state index contributed by atoms with van der Waals surface area (Å²) >= 11 is 6.53. The van der Waals surface area contributed by atoms with Crippen LogP contribution in [0.3, 0.4) is 0 Å². The van der Waals surface area contributed by atoms with E-state index in [1.807, 2.05) is 39.8 Å². The van der Waals surface area contributed by atoms with Crippen molar-refractivity contribution < 1.29 is 28.6 Å². The van der Waals surface area contributed by atoms with Gasteiger partial charge >= 0.3 is 5.97 Å². The Labute approximate surface area is 214 Å². The molecule has 0 saturated heterocycles. The number of fused-ring (bicyclic) bond motifs is 3. The topological polar surface area (TPSA) is 82.1 Å². The summed E-state index contributed by atoms with van der Waals surface area (Å²) in [5, 5.41) is 1.44. The molecule has 1 aliphatic heterocycles. The van der Waals surface area contributed by atoms with Gasteiger partial charge in [0.05, 0.1) is 47.1 Å². The molecule has 3 aromatic rings. The van der Waals surface area contributed by atoms with Gasteiger partial charge in [-0.2, -0.15) is 0 Å². The van der Waals surface area contributed by atoms with Crippen molar-refractivity contribution >= 4 is 45.8 Å².